The van der Waals surface area contributed by atoms with E-state index in [1.54, 1.807) is 48.7 Å². The quantitative estimate of drug-likeness (QED) is 0.708. The first-order valence-electron chi connectivity index (χ1n) is 8.19. The zero-order chi connectivity index (χ0) is 18.4. The Bertz CT molecular complexity index is 906. The maximum Gasteiger partial charge on any atom is 0.258 e. The summed E-state index contributed by atoms with van der Waals surface area (Å²) in [6, 6.07) is 16.3. The van der Waals surface area contributed by atoms with Gasteiger partial charge in [-0.3, -0.25) is 9.36 Å². The largest absolute Gasteiger partial charge is 0.492 e. The highest BCUT2D eigenvalue weighted by Gasteiger charge is 2.04. The average molecular weight is 354 g/mol. The lowest BCUT2D eigenvalue weighted by molar-refractivity contribution is 0.305. The van der Waals surface area contributed by atoms with E-state index in [0.29, 0.717) is 24.7 Å². The molecule has 0 unspecified atom stereocenters. The maximum atomic E-state index is 12.9. The summed E-state index contributed by atoms with van der Waals surface area (Å²) < 4.78 is 25.4. The van der Waals surface area contributed by atoms with Gasteiger partial charge in [-0.25, -0.2) is 4.39 Å². The summed E-state index contributed by atoms with van der Waals surface area (Å²) in [6.45, 7) is 1.15. The van der Waals surface area contributed by atoms with Crippen molar-refractivity contribution in [1.82, 2.24) is 4.57 Å². The summed E-state index contributed by atoms with van der Waals surface area (Å²) in [7, 11) is 0. The van der Waals surface area contributed by atoms with E-state index in [2.05, 4.69) is 0 Å². The smallest absolute Gasteiger partial charge is 0.258 e. The van der Waals surface area contributed by atoms with Crippen molar-refractivity contribution in [1.29, 1.82) is 0 Å². The number of rotatable bonds is 7. The van der Waals surface area contributed by atoms with E-state index < -0.39 is 0 Å². The monoisotopic (exact) mass is 354 g/mol. The molecule has 0 amide bonds. The number of ether oxygens (including phenoxy) is 2. The third-order valence-corrected chi connectivity index (χ3v) is 3.71. The Kier molecular flexibility index (Phi) is 5.66. The molecule has 26 heavy (non-hydrogen) atoms. The second-order valence-corrected chi connectivity index (χ2v) is 5.62. The predicted molar refractivity (Wildman–Crippen MR) is 97.3 cm³/mol. The highest BCUT2D eigenvalue weighted by Crippen LogP contribution is 2.16. The van der Waals surface area contributed by atoms with Crippen LogP contribution in [0.4, 0.5) is 4.39 Å². The van der Waals surface area contributed by atoms with Crippen molar-refractivity contribution >= 4 is 0 Å². The number of nitrogens with two attached hydrogens (primary N) is 1. The minimum absolute atomic E-state index is 0.211. The van der Waals surface area contributed by atoms with Crippen LogP contribution in [0.3, 0.4) is 0 Å². The molecule has 2 aromatic carbocycles. The molecule has 2 N–H and O–H groups in total. The van der Waals surface area contributed by atoms with Gasteiger partial charge in [0.2, 0.25) is 0 Å². The normalized spacial score (nSPS) is 10.5. The molecule has 0 atom stereocenters. The average Bonchev–Trinajstić information content (AvgIpc) is 2.66. The van der Waals surface area contributed by atoms with Crippen LogP contribution in [0.1, 0.15) is 5.56 Å². The van der Waals surface area contributed by atoms with Gasteiger partial charge in [0.1, 0.15) is 30.5 Å². The van der Waals surface area contributed by atoms with Crippen molar-refractivity contribution in [2.75, 3.05) is 13.2 Å². The highest BCUT2D eigenvalue weighted by molar-refractivity contribution is 5.38. The number of halogens is 1. The molecule has 3 rings (SSSR count). The molecule has 0 bridgehead atoms. The third kappa shape index (κ3) is 4.49. The lowest BCUT2D eigenvalue weighted by Crippen LogP contribution is -2.16. The number of hydrogen-bond acceptors (Lipinski definition) is 4. The topological polar surface area (TPSA) is 66.5 Å². The van der Waals surface area contributed by atoms with Gasteiger partial charge < -0.3 is 15.2 Å². The fraction of sp³-hybridized carbons (Fsp3) is 0.150. The molecule has 1 aromatic heterocycles. The van der Waals surface area contributed by atoms with Gasteiger partial charge in [-0.15, -0.1) is 0 Å². The number of aromatic nitrogens is 1. The van der Waals surface area contributed by atoms with Crippen LogP contribution in [0.5, 0.6) is 11.5 Å². The maximum absolute atomic E-state index is 12.9. The molecular formula is C20H19FN2O3. The lowest BCUT2D eigenvalue weighted by Gasteiger charge is -2.10. The van der Waals surface area contributed by atoms with Crippen LogP contribution in [-0.4, -0.2) is 17.7 Å². The van der Waals surface area contributed by atoms with E-state index in [4.69, 9.17) is 15.2 Å². The van der Waals surface area contributed by atoms with Crippen molar-refractivity contribution < 1.29 is 13.9 Å². The minimum Gasteiger partial charge on any atom is -0.492 e. The van der Waals surface area contributed by atoms with Gasteiger partial charge in [-0.1, -0.05) is 12.1 Å². The Morgan fingerprint density at radius 1 is 0.923 bits per heavy atom. The van der Waals surface area contributed by atoms with Crippen LogP contribution in [0.25, 0.3) is 5.69 Å². The molecule has 5 nitrogen and oxygen atoms in total. The van der Waals surface area contributed by atoms with Crippen molar-refractivity contribution in [2.45, 2.75) is 6.61 Å². The number of pyridine rings is 1. The Morgan fingerprint density at radius 3 is 2.31 bits per heavy atom. The summed E-state index contributed by atoms with van der Waals surface area (Å²) in [5.41, 5.74) is 6.74. The second kappa shape index (κ2) is 8.31. The number of nitrogens with zero attached hydrogens (tertiary/aromatic N) is 1. The fourth-order valence-electron chi connectivity index (χ4n) is 2.39. The van der Waals surface area contributed by atoms with Crippen LogP contribution in [-0.2, 0) is 6.61 Å². The lowest BCUT2D eigenvalue weighted by atomic mass is 10.2. The Morgan fingerprint density at radius 2 is 1.65 bits per heavy atom. The fourth-order valence-corrected chi connectivity index (χ4v) is 2.39. The molecule has 0 aliphatic rings. The minimum atomic E-state index is -0.296. The SMILES string of the molecule is NCCOc1ccc(-n2ccc(OCc3ccc(F)cc3)cc2=O)cc1. The molecule has 3 aromatic rings. The van der Waals surface area contributed by atoms with Gasteiger partial charge in [-0.05, 0) is 48.0 Å². The van der Waals surface area contributed by atoms with E-state index in [9.17, 15) is 9.18 Å². The summed E-state index contributed by atoms with van der Waals surface area (Å²) in [5, 5.41) is 0. The Hall–Kier alpha value is -3.12. The second-order valence-electron chi connectivity index (χ2n) is 5.62. The standard InChI is InChI=1S/C20H19FN2O3/c21-16-3-1-15(2-4-16)14-26-19-9-11-23(20(24)13-19)17-5-7-18(8-6-17)25-12-10-22/h1-9,11,13H,10,12,14,22H2. The molecule has 0 aliphatic heterocycles. The van der Waals surface area contributed by atoms with Gasteiger partial charge in [0, 0.05) is 24.5 Å². The molecule has 134 valence electrons. The van der Waals surface area contributed by atoms with Crippen molar-refractivity contribution in [3.63, 3.8) is 0 Å². The van der Waals surface area contributed by atoms with E-state index in [1.165, 1.54) is 22.8 Å². The Balaban J connectivity index is 1.69. The van der Waals surface area contributed by atoms with Gasteiger partial charge in [0.25, 0.3) is 5.56 Å². The van der Waals surface area contributed by atoms with E-state index in [-0.39, 0.29) is 18.0 Å². The molecule has 0 saturated heterocycles. The van der Waals surface area contributed by atoms with Crippen LogP contribution in [0, 0.1) is 5.82 Å². The molecule has 0 spiro atoms. The Labute approximate surface area is 150 Å². The first-order chi connectivity index (χ1) is 12.7. The summed E-state index contributed by atoms with van der Waals surface area (Å²) in [5.74, 6) is 0.862. The molecule has 0 radical (unpaired) electrons. The summed E-state index contributed by atoms with van der Waals surface area (Å²) in [6.07, 6.45) is 1.65. The van der Waals surface area contributed by atoms with Crippen molar-refractivity contribution in [2.24, 2.45) is 5.73 Å². The van der Waals surface area contributed by atoms with Gasteiger partial charge >= 0.3 is 0 Å². The van der Waals surface area contributed by atoms with Crippen LogP contribution in [0.15, 0.2) is 71.7 Å². The molecular weight excluding hydrogens is 335 g/mol. The zero-order valence-corrected chi connectivity index (χ0v) is 14.1. The van der Waals surface area contributed by atoms with Crippen LogP contribution < -0.4 is 20.8 Å². The number of hydrogen-bond donors (Lipinski definition) is 1. The van der Waals surface area contributed by atoms with E-state index in [1.807, 2.05) is 0 Å². The van der Waals surface area contributed by atoms with Crippen molar-refractivity contribution in [3.05, 3.63) is 88.6 Å². The zero-order valence-electron chi connectivity index (χ0n) is 14.1. The van der Waals surface area contributed by atoms with E-state index in [0.717, 1.165) is 11.3 Å². The summed E-state index contributed by atoms with van der Waals surface area (Å²) in [4.78, 5) is 12.3. The summed E-state index contributed by atoms with van der Waals surface area (Å²) >= 11 is 0. The first kappa shape index (κ1) is 17.7. The highest BCUT2D eigenvalue weighted by atomic mass is 19.1. The number of benzene rings is 2. The molecule has 6 heteroatoms. The molecule has 1 heterocycles. The van der Waals surface area contributed by atoms with E-state index >= 15 is 0 Å². The molecule has 0 aliphatic carbocycles. The van der Waals surface area contributed by atoms with Gasteiger partial charge in [0.15, 0.2) is 0 Å². The van der Waals surface area contributed by atoms with Crippen LogP contribution in [0.2, 0.25) is 0 Å². The third-order valence-electron chi connectivity index (χ3n) is 3.71. The van der Waals surface area contributed by atoms with Gasteiger partial charge in [-0.2, -0.15) is 0 Å². The van der Waals surface area contributed by atoms with Gasteiger partial charge in [0.05, 0.1) is 0 Å². The predicted octanol–water partition coefficient (Wildman–Crippen LogP) is 2.89. The first-order valence-corrected chi connectivity index (χ1v) is 8.19. The molecule has 0 saturated carbocycles. The van der Waals surface area contributed by atoms with Crippen molar-refractivity contribution in [3.8, 4) is 17.2 Å². The molecule has 0 fully saturated rings. The van der Waals surface area contributed by atoms with Crippen LogP contribution >= 0.6 is 0 Å².